The van der Waals surface area contributed by atoms with Gasteiger partial charge in [0.25, 0.3) is 0 Å². The van der Waals surface area contributed by atoms with E-state index in [1.165, 1.54) is 0 Å². The molecule has 24 heavy (non-hydrogen) atoms. The van der Waals surface area contributed by atoms with Gasteiger partial charge in [-0.25, -0.2) is 4.79 Å². The molecular formula is C17H30N2O5. The number of aromatic nitrogens is 2. The van der Waals surface area contributed by atoms with Gasteiger partial charge < -0.3 is 14.9 Å². The van der Waals surface area contributed by atoms with E-state index in [1.807, 2.05) is 0 Å². The smallest absolute Gasteiger partial charge is 0.328 e. The van der Waals surface area contributed by atoms with Crippen LogP contribution in [0.15, 0.2) is 4.79 Å². The maximum absolute atomic E-state index is 11.9. The molecule has 0 amide bonds. The van der Waals surface area contributed by atoms with Crippen LogP contribution in [0.4, 0.5) is 0 Å². The van der Waals surface area contributed by atoms with Crippen molar-refractivity contribution in [3.05, 3.63) is 16.2 Å². The van der Waals surface area contributed by atoms with Gasteiger partial charge in [-0.05, 0) is 38.5 Å². The average molecular weight is 342 g/mol. The van der Waals surface area contributed by atoms with Gasteiger partial charge in [0.05, 0.1) is 5.69 Å². The quantitative estimate of drug-likeness (QED) is 0.451. The zero-order valence-corrected chi connectivity index (χ0v) is 14.6. The summed E-state index contributed by atoms with van der Waals surface area (Å²) in [7, 11) is 0. The molecule has 0 aromatic carbocycles. The molecule has 1 rings (SSSR count). The molecule has 1 heterocycles. The molecule has 7 nitrogen and oxygen atoms in total. The molecule has 3 N–H and O–H groups in total. The normalized spacial score (nSPS) is 11.0. The molecule has 1 aromatic heterocycles. The van der Waals surface area contributed by atoms with Crippen molar-refractivity contribution in [2.24, 2.45) is 0 Å². The van der Waals surface area contributed by atoms with Crippen LogP contribution in [0.3, 0.4) is 0 Å². The number of rotatable bonds is 14. The summed E-state index contributed by atoms with van der Waals surface area (Å²) in [6.45, 7) is 4.09. The maximum atomic E-state index is 11.9. The molecule has 0 aliphatic rings. The molecule has 0 fully saturated rings. The number of hydrogen-bond donors (Lipinski definition) is 3. The summed E-state index contributed by atoms with van der Waals surface area (Å²) >= 11 is 0. The topological polar surface area (TPSA) is 105 Å². The largest absolute Gasteiger partial charge is 0.493 e. The number of nitrogens with zero attached hydrogens (tertiary/aromatic N) is 1. The molecule has 0 saturated carbocycles. The Morgan fingerprint density at radius 2 is 1.88 bits per heavy atom. The highest BCUT2D eigenvalue weighted by molar-refractivity contribution is 5.66. The van der Waals surface area contributed by atoms with Gasteiger partial charge in [-0.3, -0.25) is 14.3 Å². The van der Waals surface area contributed by atoms with Gasteiger partial charge in [0.1, 0.15) is 0 Å². The zero-order valence-electron chi connectivity index (χ0n) is 14.6. The molecule has 138 valence electrons. The molecule has 1 aromatic rings. The lowest BCUT2D eigenvalue weighted by atomic mass is 10.1. The van der Waals surface area contributed by atoms with Crippen LogP contribution in [0, 0.1) is 0 Å². The first-order valence-corrected chi connectivity index (χ1v) is 8.86. The van der Waals surface area contributed by atoms with Crippen molar-refractivity contribution < 1.29 is 19.7 Å². The first-order valence-electron chi connectivity index (χ1n) is 8.86. The van der Waals surface area contributed by atoms with Crippen LogP contribution in [0.1, 0.15) is 64.0 Å². The van der Waals surface area contributed by atoms with E-state index in [2.05, 4.69) is 11.9 Å². The van der Waals surface area contributed by atoms with E-state index in [1.54, 1.807) is 4.57 Å². The number of carboxylic acid groups (broad SMARTS) is 1. The third-order valence-electron chi connectivity index (χ3n) is 3.89. The summed E-state index contributed by atoms with van der Waals surface area (Å²) in [5.41, 5.74) is 0.371. The van der Waals surface area contributed by atoms with Crippen LogP contribution in [0.2, 0.25) is 0 Å². The Hall–Kier alpha value is -1.76. The van der Waals surface area contributed by atoms with Crippen molar-refractivity contribution in [2.45, 2.75) is 71.3 Å². The van der Waals surface area contributed by atoms with Crippen LogP contribution in [-0.4, -0.2) is 38.9 Å². The fourth-order valence-electron chi connectivity index (χ4n) is 2.62. The Labute approximate surface area is 142 Å². The lowest BCUT2D eigenvalue weighted by Gasteiger charge is -2.08. The number of ether oxygens (including phenoxy) is 1. The van der Waals surface area contributed by atoms with Crippen molar-refractivity contribution in [1.29, 1.82) is 0 Å². The van der Waals surface area contributed by atoms with Gasteiger partial charge in [0.2, 0.25) is 5.88 Å². The van der Waals surface area contributed by atoms with Crippen molar-refractivity contribution in [3.63, 3.8) is 0 Å². The van der Waals surface area contributed by atoms with Gasteiger partial charge in [-0.15, -0.1) is 0 Å². The summed E-state index contributed by atoms with van der Waals surface area (Å²) in [4.78, 5) is 24.8. The standard InChI is InChI=1S/C17H30N2O5/c1-2-12-24-13-8-7-11-19-14(16(22)18-17(19)23)9-5-3-4-6-10-15(20)21/h22H,2-13H2,1H3,(H,18,23)(H,20,21). The monoisotopic (exact) mass is 342 g/mol. The maximum Gasteiger partial charge on any atom is 0.328 e. The number of aromatic amines is 1. The number of nitrogens with one attached hydrogen (secondary N) is 1. The predicted molar refractivity (Wildman–Crippen MR) is 91.5 cm³/mol. The van der Waals surface area contributed by atoms with Crippen molar-refractivity contribution in [1.82, 2.24) is 9.55 Å². The predicted octanol–water partition coefficient (Wildman–Crippen LogP) is 2.67. The third kappa shape index (κ3) is 7.68. The zero-order chi connectivity index (χ0) is 17.8. The van der Waals surface area contributed by atoms with Crippen molar-refractivity contribution in [2.75, 3.05) is 13.2 Å². The molecule has 0 unspecified atom stereocenters. The molecule has 0 bridgehead atoms. The number of aliphatic carboxylic acids is 1. The Morgan fingerprint density at radius 3 is 2.58 bits per heavy atom. The highest BCUT2D eigenvalue weighted by Crippen LogP contribution is 2.16. The third-order valence-corrected chi connectivity index (χ3v) is 3.89. The first kappa shape index (κ1) is 20.3. The minimum absolute atomic E-state index is 0.0484. The van der Waals surface area contributed by atoms with E-state index in [0.717, 1.165) is 45.1 Å². The van der Waals surface area contributed by atoms with Crippen LogP contribution >= 0.6 is 0 Å². The first-order chi connectivity index (χ1) is 11.6. The molecule has 0 aliphatic heterocycles. The number of H-pyrrole nitrogens is 1. The second kappa shape index (κ2) is 11.7. The number of imidazole rings is 1. The summed E-state index contributed by atoms with van der Waals surface area (Å²) in [5.74, 6) is -0.817. The fourth-order valence-corrected chi connectivity index (χ4v) is 2.62. The molecule has 7 heteroatoms. The van der Waals surface area contributed by atoms with Crippen molar-refractivity contribution in [3.8, 4) is 5.88 Å². The summed E-state index contributed by atoms with van der Waals surface area (Å²) < 4.78 is 7.02. The van der Waals surface area contributed by atoms with E-state index in [9.17, 15) is 14.7 Å². The van der Waals surface area contributed by atoms with Gasteiger partial charge >= 0.3 is 11.7 Å². The molecule has 0 atom stereocenters. The van der Waals surface area contributed by atoms with Crippen LogP contribution in [-0.2, 0) is 22.5 Å². The van der Waals surface area contributed by atoms with E-state index in [-0.39, 0.29) is 18.0 Å². The number of aromatic hydroxyl groups is 1. The van der Waals surface area contributed by atoms with E-state index in [0.29, 0.717) is 31.7 Å². The molecule has 0 spiro atoms. The van der Waals surface area contributed by atoms with Crippen LogP contribution in [0.25, 0.3) is 0 Å². The van der Waals surface area contributed by atoms with Crippen molar-refractivity contribution >= 4 is 5.97 Å². The Morgan fingerprint density at radius 1 is 1.12 bits per heavy atom. The molecule has 0 saturated heterocycles. The SMILES string of the molecule is CCCOCCCCn1c(CCCCCCC(=O)O)c(O)[nH]c1=O. The average Bonchev–Trinajstić information content (AvgIpc) is 2.80. The molecule has 0 aliphatic carbocycles. The highest BCUT2D eigenvalue weighted by atomic mass is 16.5. The fraction of sp³-hybridized carbons (Fsp3) is 0.765. The molecular weight excluding hydrogens is 312 g/mol. The summed E-state index contributed by atoms with van der Waals surface area (Å²) in [6, 6.07) is 0. The van der Waals surface area contributed by atoms with E-state index < -0.39 is 5.97 Å². The minimum atomic E-state index is -0.768. The van der Waals surface area contributed by atoms with Crippen LogP contribution in [0.5, 0.6) is 5.88 Å². The Balaban J connectivity index is 2.35. The minimum Gasteiger partial charge on any atom is -0.493 e. The van der Waals surface area contributed by atoms with Gasteiger partial charge in [-0.2, -0.15) is 0 Å². The highest BCUT2D eigenvalue weighted by Gasteiger charge is 2.12. The summed E-state index contributed by atoms with van der Waals surface area (Å²) in [6.07, 6.45) is 6.74. The van der Waals surface area contributed by atoms with Gasteiger partial charge in [0.15, 0.2) is 0 Å². The summed E-state index contributed by atoms with van der Waals surface area (Å²) in [5, 5.41) is 18.5. The second-order valence-corrected chi connectivity index (χ2v) is 6.00. The Kier molecular flexibility index (Phi) is 9.91. The second-order valence-electron chi connectivity index (χ2n) is 6.00. The Bertz CT molecular complexity index is 536. The number of hydrogen-bond acceptors (Lipinski definition) is 4. The van der Waals surface area contributed by atoms with Crippen LogP contribution < -0.4 is 5.69 Å². The lowest BCUT2D eigenvalue weighted by Crippen LogP contribution is -2.19. The molecule has 0 radical (unpaired) electrons. The number of carboxylic acids is 1. The number of carbonyl (C=O) groups is 1. The van der Waals surface area contributed by atoms with E-state index in [4.69, 9.17) is 9.84 Å². The number of unbranched alkanes of at least 4 members (excludes halogenated alkanes) is 4. The van der Waals surface area contributed by atoms with Gasteiger partial charge in [0, 0.05) is 26.2 Å². The lowest BCUT2D eigenvalue weighted by molar-refractivity contribution is -0.137. The van der Waals surface area contributed by atoms with Gasteiger partial charge in [-0.1, -0.05) is 19.8 Å². The van der Waals surface area contributed by atoms with E-state index >= 15 is 0 Å².